The highest BCUT2D eigenvalue weighted by molar-refractivity contribution is 14.1. The van der Waals surface area contributed by atoms with Crippen molar-refractivity contribution in [2.24, 2.45) is 0 Å². The number of hydrogen-bond donors (Lipinski definition) is 0. The number of aldehydes is 1. The van der Waals surface area contributed by atoms with Crippen molar-refractivity contribution >= 4 is 34.4 Å². The van der Waals surface area contributed by atoms with Crippen LogP contribution in [0.25, 0.3) is 5.52 Å². The molecule has 0 saturated heterocycles. The van der Waals surface area contributed by atoms with E-state index in [0.717, 1.165) is 16.7 Å². The molecule has 0 spiro atoms. The molecular formula is C8H3F2IN2O. The maximum absolute atomic E-state index is 13.2. The fourth-order valence-electron chi connectivity index (χ4n) is 1.20. The highest BCUT2D eigenvalue weighted by atomic mass is 127. The average molecular weight is 308 g/mol. The van der Waals surface area contributed by atoms with E-state index in [9.17, 15) is 13.6 Å². The summed E-state index contributed by atoms with van der Waals surface area (Å²) in [6, 6.07) is 0.758. The summed E-state index contributed by atoms with van der Waals surface area (Å²) in [4.78, 5) is 14.3. The molecule has 0 amide bonds. The predicted molar refractivity (Wildman–Crippen MR) is 53.2 cm³/mol. The van der Waals surface area contributed by atoms with Crippen molar-refractivity contribution in [3.05, 3.63) is 33.4 Å². The van der Waals surface area contributed by atoms with E-state index in [2.05, 4.69) is 4.98 Å². The molecule has 0 fully saturated rings. The lowest BCUT2D eigenvalue weighted by Gasteiger charge is -1.97. The van der Waals surface area contributed by atoms with Gasteiger partial charge in [0.1, 0.15) is 15.0 Å². The SMILES string of the molecule is O=Cc1nc(I)c2c(F)cc(F)cn12. The zero-order valence-corrected chi connectivity index (χ0v) is 8.83. The zero-order chi connectivity index (χ0) is 10.3. The van der Waals surface area contributed by atoms with Crippen LogP contribution in [0.1, 0.15) is 10.6 Å². The minimum Gasteiger partial charge on any atom is -0.294 e. The molecule has 2 aromatic rings. The molecule has 0 atom stereocenters. The summed E-state index contributed by atoms with van der Waals surface area (Å²) in [6.45, 7) is 0. The normalized spacial score (nSPS) is 10.8. The van der Waals surface area contributed by atoms with Crippen molar-refractivity contribution in [1.82, 2.24) is 9.38 Å². The molecule has 0 aromatic carbocycles. The second-order valence-electron chi connectivity index (χ2n) is 2.60. The Kier molecular flexibility index (Phi) is 2.22. The number of pyridine rings is 1. The number of carbonyl (C=O) groups is 1. The van der Waals surface area contributed by atoms with Gasteiger partial charge in [0.05, 0.1) is 0 Å². The van der Waals surface area contributed by atoms with Crippen LogP contribution in [0, 0.1) is 15.3 Å². The van der Waals surface area contributed by atoms with E-state index < -0.39 is 11.6 Å². The van der Waals surface area contributed by atoms with Gasteiger partial charge in [-0.3, -0.25) is 9.20 Å². The number of fused-ring (bicyclic) bond motifs is 1. The standard InChI is InChI=1S/C8H3F2IN2O/c9-4-1-5(10)7-8(11)12-6(3-14)13(7)2-4/h1-3H. The lowest BCUT2D eigenvalue weighted by Crippen LogP contribution is -1.95. The van der Waals surface area contributed by atoms with Gasteiger partial charge in [0.2, 0.25) is 0 Å². The molecule has 0 aliphatic heterocycles. The Morgan fingerprint density at radius 2 is 2.21 bits per heavy atom. The van der Waals surface area contributed by atoms with Gasteiger partial charge in [0.25, 0.3) is 0 Å². The van der Waals surface area contributed by atoms with Crippen molar-refractivity contribution in [3.8, 4) is 0 Å². The third kappa shape index (κ3) is 1.29. The summed E-state index contributed by atoms with van der Waals surface area (Å²) in [5.41, 5.74) is 0.120. The van der Waals surface area contributed by atoms with Gasteiger partial charge in [-0.2, -0.15) is 0 Å². The summed E-state index contributed by atoms with van der Waals surface area (Å²) in [5.74, 6) is -1.48. The molecule has 0 aliphatic rings. The van der Waals surface area contributed by atoms with Crippen molar-refractivity contribution in [1.29, 1.82) is 0 Å². The van der Waals surface area contributed by atoms with Crippen LogP contribution in [0.5, 0.6) is 0 Å². The summed E-state index contributed by atoms with van der Waals surface area (Å²) in [5, 5.41) is 0. The molecule has 2 aromatic heterocycles. The van der Waals surface area contributed by atoms with Crippen LogP contribution in [-0.4, -0.2) is 15.7 Å². The molecule has 2 heterocycles. The average Bonchev–Trinajstić information content (AvgIpc) is 2.42. The Morgan fingerprint density at radius 1 is 1.50 bits per heavy atom. The fraction of sp³-hybridized carbons (Fsp3) is 0. The Morgan fingerprint density at radius 3 is 2.86 bits per heavy atom. The first-order valence-corrected chi connectivity index (χ1v) is 4.69. The van der Waals surface area contributed by atoms with Gasteiger partial charge < -0.3 is 0 Å². The first kappa shape index (κ1) is 9.50. The fourth-order valence-corrected chi connectivity index (χ4v) is 1.96. The number of hydrogen-bond acceptors (Lipinski definition) is 2. The maximum Gasteiger partial charge on any atom is 0.185 e. The highest BCUT2D eigenvalue weighted by Crippen LogP contribution is 2.18. The first-order chi connectivity index (χ1) is 6.63. The largest absolute Gasteiger partial charge is 0.294 e. The van der Waals surface area contributed by atoms with Crippen LogP contribution in [-0.2, 0) is 0 Å². The monoisotopic (exact) mass is 308 g/mol. The van der Waals surface area contributed by atoms with Crippen LogP contribution in [0.3, 0.4) is 0 Å². The van der Waals surface area contributed by atoms with Gasteiger partial charge in [0, 0.05) is 12.3 Å². The molecule has 0 radical (unpaired) electrons. The Labute approximate surface area is 90.9 Å². The third-order valence-electron chi connectivity index (χ3n) is 1.74. The summed E-state index contributed by atoms with van der Waals surface area (Å²) >= 11 is 1.79. The Balaban J connectivity index is 2.96. The second kappa shape index (κ2) is 3.26. The van der Waals surface area contributed by atoms with Gasteiger partial charge in [-0.15, -0.1) is 0 Å². The topological polar surface area (TPSA) is 34.4 Å². The molecule has 0 bridgehead atoms. The first-order valence-electron chi connectivity index (χ1n) is 3.61. The Bertz CT molecular complexity index is 524. The summed E-state index contributed by atoms with van der Waals surface area (Å²) in [7, 11) is 0. The Hall–Kier alpha value is -1.05. The lowest BCUT2D eigenvalue weighted by molar-refractivity contribution is 0.111. The molecule has 0 unspecified atom stereocenters. The summed E-state index contributed by atoms with van der Waals surface area (Å²) < 4.78 is 27.5. The van der Waals surface area contributed by atoms with Crippen molar-refractivity contribution in [2.45, 2.75) is 0 Å². The molecule has 0 saturated carbocycles. The predicted octanol–water partition coefficient (Wildman–Crippen LogP) is 2.03. The molecule has 0 aliphatic carbocycles. The number of aromatic nitrogens is 2. The van der Waals surface area contributed by atoms with E-state index in [-0.39, 0.29) is 11.3 Å². The van der Waals surface area contributed by atoms with Crippen LogP contribution in [0.2, 0.25) is 0 Å². The van der Waals surface area contributed by atoms with Gasteiger partial charge in [-0.1, -0.05) is 0 Å². The van der Waals surface area contributed by atoms with Crippen LogP contribution in [0.4, 0.5) is 8.78 Å². The number of carbonyl (C=O) groups excluding carboxylic acids is 1. The minimum atomic E-state index is -0.744. The van der Waals surface area contributed by atoms with E-state index in [1.807, 2.05) is 0 Å². The lowest BCUT2D eigenvalue weighted by atomic mass is 10.4. The molecule has 2 rings (SSSR count). The highest BCUT2D eigenvalue weighted by Gasteiger charge is 2.13. The van der Waals surface area contributed by atoms with Crippen LogP contribution >= 0.6 is 22.6 Å². The molecule has 14 heavy (non-hydrogen) atoms. The van der Waals surface area contributed by atoms with Crippen LogP contribution < -0.4 is 0 Å². The quantitative estimate of drug-likeness (QED) is 0.597. The smallest absolute Gasteiger partial charge is 0.185 e. The van der Waals surface area contributed by atoms with Crippen molar-refractivity contribution in [2.75, 3.05) is 0 Å². The molecule has 3 nitrogen and oxygen atoms in total. The third-order valence-corrected chi connectivity index (χ3v) is 2.50. The molecule has 72 valence electrons. The maximum atomic E-state index is 13.2. The minimum absolute atomic E-state index is 0.0113. The van der Waals surface area contributed by atoms with E-state index in [1.165, 1.54) is 0 Å². The number of rotatable bonds is 1. The zero-order valence-electron chi connectivity index (χ0n) is 6.67. The number of nitrogens with zero attached hydrogens (tertiary/aromatic N) is 2. The van der Waals surface area contributed by atoms with Crippen LogP contribution in [0.15, 0.2) is 12.3 Å². The molecule has 6 heteroatoms. The van der Waals surface area contributed by atoms with E-state index in [4.69, 9.17) is 0 Å². The van der Waals surface area contributed by atoms with E-state index in [0.29, 0.717) is 9.99 Å². The van der Waals surface area contributed by atoms with Crippen molar-refractivity contribution < 1.29 is 13.6 Å². The molecule has 0 N–H and O–H groups in total. The number of imidazole rings is 1. The van der Waals surface area contributed by atoms with E-state index in [1.54, 1.807) is 22.6 Å². The van der Waals surface area contributed by atoms with Gasteiger partial charge in [-0.25, -0.2) is 13.8 Å². The number of halogens is 3. The van der Waals surface area contributed by atoms with Gasteiger partial charge in [0.15, 0.2) is 17.9 Å². The van der Waals surface area contributed by atoms with Gasteiger partial charge >= 0.3 is 0 Å². The van der Waals surface area contributed by atoms with Crippen molar-refractivity contribution in [3.63, 3.8) is 0 Å². The second-order valence-corrected chi connectivity index (χ2v) is 3.63. The molecular weight excluding hydrogens is 305 g/mol. The van der Waals surface area contributed by atoms with Gasteiger partial charge in [-0.05, 0) is 22.6 Å². The van der Waals surface area contributed by atoms with E-state index >= 15 is 0 Å². The summed E-state index contributed by atoms with van der Waals surface area (Å²) in [6.07, 6.45) is 1.48.